The average molecular weight is 599 g/mol. The second-order valence-corrected chi connectivity index (χ2v) is 12.9. The molecule has 0 bridgehead atoms. The number of rotatable bonds is 2. The summed E-state index contributed by atoms with van der Waals surface area (Å²) in [6.45, 7) is 0. The summed E-state index contributed by atoms with van der Waals surface area (Å²) in [7, 11) is 0. The van der Waals surface area contributed by atoms with Crippen molar-refractivity contribution >= 4 is 95.9 Å². The van der Waals surface area contributed by atoms with Crippen molar-refractivity contribution < 1.29 is 0 Å². The number of hydrogen-bond acceptors (Lipinski definition) is 8. The lowest BCUT2D eigenvalue weighted by Gasteiger charge is -2.11. The number of thiophene rings is 2. The summed E-state index contributed by atoms with van der Waals surface area (Å²) in [5.41, 5.74) is 3.55. The zero-order chi connectivity index (χ0) is 28.8. The van der Waals surface area contributed by atoms with Crippen LogP contribution in [-0.2, 0) is 0 Å². The first kappa shape index (κ1) is 24.0. The van der Waals surface area contributed by atoms with Gasteiger partial charge < -0.3 is 0 Å². The number of hydrogen-bond donors (Lipinski definition) is 0. The predicted octanol–water partition coefficient (Wildman–Crippen LogP) is 9.59. The maximum absolute atomic E-state index is 5.19. The Labute approximate surface area is 257 Å². The number of aromatic nitrogens is 6. The smallest absolute Gasteiger partial charge is 0.159 e. The monoisotopic (exact) mass is 598 g/mol. The molecular formula is C36H18N6S2. The molecule has 44 heavy (non-hydrogen) atoms. The van der Waals surface area contributed by atoms with Gasteiger partial charge in [-0.3, -0.25) is 0 Å². The summed E-state index contributed by atoms with van der Waals surface area (Å²) in [4.78, 5) is 31.3. The molecule has 6 heterocycles. The van der Waals surface area contributed by atoms with Gasteiger partial charge in [-0.15, -0.1) is 22.7 Å². The fraction of sp³-hybridized carbons (Fsp3) is 0. The van der Waals surface area contributed by atoms with Gasteiger partial charge >= 0.3 is 0 Å². The first-order valence-electron chi connectivity index (χ1n) is 14.2. The van der Waals surface area contributed by atoms with Crippen molar-refractivity contribution in [3.8, 4) is 22.8 Å². The summed E-state index contributed by atoms with van der Waals surface area (Å²) in [5.74, 6) is 1.33. The minimum absolute atomic E-state index is 0.665. The Morgan fingerprint density at radius 2 is 0.886 bits per heavy atom. The average Bonchev–Trinajstić information content (AvgIpc) is 3.65. The number of fused-ring (bicyclic) bond motifs is 12. The summed E-state index contributed by atoms with van der Waals surface area (Å²) >= 11 is 3.40. The molecule has 0 radical (unpaired) electrons. The molecule has 8 heteroatoms. The minimum atomic E-state index is 0.665. The van der Waals surface area contributed by atoms with E-state index in [1.165, 1.54) is 20.2 Å². The largest absolute Gasteiger partial charge is 0.245 e. The lowest BCUT2D eigenvalue weighted by Crippen LogP contribution is -1.96. The van der Waals surface area contributed by atoms with Crippen LogP contribution in [0.25, 0.3) is 96.0 Å². The van der Waals surface area contributed by atoms with Crippen molar-refractivity contribution in [2.24, 2.45) is 0 Å². The second-order valence-electron chi connectivity index (χ2n) is 10.8. The normalized spacial score (nSPS) is 12.1. The molecule has 10 aromatic rings. The third-order valence-electron chi connectivity index (χ3n) is 8.32. The lowest BCUT2D eigenvalue weighted by molar-refractivity contribution is 1.21. The zero-order valence-electron chi connectivity index (χ0n) is 22.9. The molecule has 0 spiro atoms. The van der Waals surface area contributed by atoms with Crippen LogP contribution in [0.1, 0.15) is 0 Å². The molecule has 0 aliphatic carbocycles. The number of pyridine rings is 2. The topological polar surface area (TPSA) is 77.3 Å². The highest BCUT2D eigenvalue weighted by molar-refractivity contribution is 7.25. The van der Waals surface area contributed by atoms with Crippen molar-refractivity contribution in [3.63, 3.8) is 0 Å². The van der Waals surface area contributed by atoms with E-state index in [4.69, 9.17) is 19.9 Å². The van der Waals surface area contributed by atoms with Crippen LogP contribution in [0.5, 0.6) is 0 Å². The molecule has 0 atom stereocenters. The van der Waals surface area contributed by atoms with Crippen molar-refractivity contribution in [2.75, 3.05) is 0 Å². The van der Waals surface area contributed by atoms with Crippen LogP contribution >= 0.6 is 22.7 Å². The molecule has 0 N–H and O–H groups in total. The van der Waals surface area contributed by atoms with Crippen LogP contribution in [-0.4, -0.2) is 29.9 Å². The van der Waals surface area contributed by atoms with Crippen LogP contribution in [0.3, 0.4) is 0 Å². The second kappa shape index (κ2) is 9.03. The molecule has 6 nitrogen and oxygen atoms in total. The van der Waals surface area contributed by atoms with Gasteiger partial charge in [-0.2, -0.15) is 0 Å². The molecule has 0 amide bonds. The Morgan fingerprint density at radius 3 is 1.39 bits per heavy atom. The van der Waals surface area contributed by atoms with Gasteiger partial charge in [0.1, 0.15) is 20.7 Å². The maximum atomic E-state index is 5.19. The minimum Gasteiger partial charge on any atom is -0.245 e. The van der Waals surface area contributed by atoms with Crippen LogP contribution in [0.2, 0.25) is 0 Å². The van der Waals surface area contributed by atoms with E-state index in [2.05, 4.69) is 82.8 Å². The van der Waals surface area contributed by atoms with Gasteiger partial charge in [0.15, 0.2) is 11.6 Å². The molecule has 204 valence electrons. The molecule has 0 saturated heterocycles. The van der Waals surface area contributed by atoms with Crippen molar-refractivity contribution in [1.29, 1.82) is 0 Å². The summed E-state index contributed by atoms with van der Waals surface area (Å²) in [5, 5.41) is 8.74. The van der Waals surface area contributed by atoms with E-state index in [1.54, 1.807) is 22.7 Å². The number of nitrogens with zero attached hydrogens (tertiary/aromatic N) is 6. The van der Waals surface area contributed by atoms with E-state index in [-0.39, 0.29) is 0 Å². The fourth-order valence-electron chi connectivity index (χ4n) is 6.25. The van der Waals surface area contributed by atoms with Crippen molar-refractivity contribution in [1.82, 2.24) is 29.9 Å². The van der Waals surface area contributed by atoms with Gasteiger partial charge in [0, 0.05) is 77.6 Å². The van der Waals surface area contributed by atoms with Crippen LogP contribution in [0.15, 0.2) is 110 Å². The van der Waals surface area contributed by atoms with Crippen LogP contribution in [0, 0.1) is 0 Å². The Hall–Kier alpha value is -5.44. The van der Waals surface area contributed by atoms with Gasteiger partial charge in [-0.1, -0.05) is 24.3 Å². The Morgan fingerprint density at radius 1 is 0.409 bits per heavy atom. The van der Waals surface area contributed by atoms with E-state index < -0.39 is 0 Å². The van der Waals surface area contributed by atoms with Crippen molar-refractivity contribution in [2.45, 2.75) is 0 Å². The van der Waals surface area contributed by atoms with Gasteiger partial charge in [0.25, 0.3) is 0 Å². The molecular weight excluding hydrogens is 581 g/mol. The van der Waals surface area contributed by atoms with E-state index in [9.17, 15) is 0 Å². The van der Waals surface area contributed by atoms with Gasteiger partial charge in [-0.05, 0) is 71.4 Å². The first-order chi connectivity index (χ1) is 21.8. The third-order valence-corrected chi connectivity index (χ3v) is 10.5. The maximum Gasteiger partial charge on any atom is 0.159 e. The van der Waals surface area contributed by atoms with Crippen molar-refractivity contribution in [3.05, 3.63) is 110 Å². The van der Waals surface area contributed by atoms with Gasteiger partial charge in [0.05, 0.1) is 0 Å². The zero-order valence-corrected chi connectivity index (χ0v) is 24.5. The predicted molar refractivity (Wildman–Crippen MR) is 182 cm³/mol. The fourth-order valence-corrected chi connectivity index (χ4v) is 8.30. The van der Waals surface area contributed by atoms with Gasteiger partial charge in [0.2, 0.25) is 0 Å². The molecule has 0 aliphatic heterocycles. The Bertz CT molecular complexity index is 2610. The quantitative estimate of drug-likeness (QED) is 0.184. The highest BCUT2D eigenvalue weighted by Crippen LogP contribution is 2.38. The summed E-state index contributed by atoms with van der Waals surface area (Å²) in [6, 6.07) is 29.4. The molecule has 0 saturated carbocycles. The molecule has 0 aliphatic rings. The summed E-state index contributed by atoms with van der Waals surface area (Å²) < 4.78 is 2.39. The van der Waals surface area contributed by atoms with E-state index in [0.717, 1.165) is 64.1 Å². The van der Waals surface area contributed by atoms with E-state index >= 15 is 0 Å². The highest BCUT2D eigenvalue weighted by atomic mass is 32.1. The van der Waals surface area contributed by atoms with Crippen LogP contribution < -0.4 is 0 Å². The standard InChI is InChI=1S/C36H18N6S2/c1-2-6-22-21(5-1)27-17-39-33(19-9-11-29-25(15-19)23-7-3-13-37-35(23)43-29)41-31(27)32-28(22)18-40-34(42-32)20-10-12-30-26(16-20)24-8-4-14-38-36(24)44-30/h1-18H. The molecule has 0 fully saturated rings. The first-order valence-corrected chi connectivity index (χ1v) is 15.8. The third kappa shape index (κ3) is 3.46. The number of benzene rings is 4. The lowest BCUT2D eigenvalue weighted by atomic mass is 10.0. The highest BCUT2D eigenvalue weighted by Gasteiger charge is 2.16. The van der Waals surface area contributed by atoms with E-state index in [0.29, 0.717) is 11.6 Å². The Kier molecular flexibility index (Phi) is 4.94. The SMILES string of the molecule is c1cnc2sc3ccc(-c4ncc5c6ccccc6c6cnc(-c7ccc8sc9ncccc9c8c7)nc6c5n4)cc3c2c1. The van der Waals surface area contributed by atoms with Crippen LogP contribution in [0.4, 0.5) is 0 Å². The Balaban J connectivity index is 1.22. The van der Waals surface area contributed by atoms with Gasteiger partial charge in [-0.25, -0.2) is 29.9 Å². The molecule has 0 unspecified atom stereocenters. The summed E-state index contributed by atoms with van der Waals surface area (Å²) in [6.07, 6.45) is 7.56. The molecule has 4 aromatic carbocycles. The molecule has 10 rings (SSSR count). The molecule has 6 aromatic heterocycles. The van der Waals surface area contributed by atoms with E-state index in [1.807, 2.05) is 36.9 Å².